The first-order chi connectivity index (χ1) is 8.70. The first kappa shape index (κ1) is 13.9. The molecule has 5 heteroatoms. The standard InChI is InChI=1S/C13H22N2O2S/c1-10(15-4-6-18-7-5-15)13(17)14-12-3-2-11(8-12)9-16/h2-3,10-12,16H,4-9H2,1H3,(H,14,17)/t10-,11+,12-/m1/s1. The lowest BCUT2D eigenvalue weighted by molar-refractivity contribution is -0.126. The molecule has 2 N–H and O–H groups in total. The Kier molecular flexibility index (Phi) is 5.09. The van der Waals surface area contributed by atoms with E-state index in [0.717, 1.165) is 31.0 Å². The molecule has 1 fully saturated rings. The normalized spacial score (nSPS) is 30.3. The number of aliphatic hydroxyl groups is 1. The topological polar surface area (TPSA) is 52.6 Å². The minimum absolute atomic E-state index is 0.0486. The van der Waals surface area contributed by atoms with Gasteiger partial charge in [-0.15, -0.1) is 0 Å². The highest BCUT2D eigenvalue weighted by Crippen LogP contribution is 2.18. The number of nitrogens with zero attached hydrogens (tertiary/aromatic N) is 1. The number of nitrogens with one attached hydrogen (secondary N) is 1. The van der Waals surface area contributed by atoms with Gasteiger partial charge in [-0.25, -0.2) is 0 Å². The van der Waals surface area contributed by atoms with Gasteiger partial charge >= 0.3 is 0 Å². The van der Waals surface area contributed by atoms with Gasteiger partial charge in [-0.1, -0.05) is 12.2 Å². The number of hydrogen-bond acceptors (Lipinski definition) is 4. The van der Waals surface area contributed by atoms with Gasteiger partial charge in [0.1, 0.15) is 0 Å². The zero-order valence-electron chi connectivity index (χ0n) is 10.8. The molecular weight excluding hydrogens is 248 g/mol. The number of amides is 1. The molecular formula is C13H22N2O2S. The third-order valence-corrected chi connectivity index (χ3v) is 4.65. The van der Waals surface area contributed by atoms with Crippen LogP contribution in [0.15, 0.2) is 12.2 Å². The van der Waals surface area contributed by atoms with Crippen molar-refractivity contribution < 1.29 is 9.90 Å². The van der Waals surface area contributed by atoms with Crippen molar-refractivity contribution in [2.45, 2.75) is 25.4 Å². The maximum atomic E-state index is 12.1. The van der Waals surface area contributed by atoms with E-state index < -0.39 is 0 Å². The quantitative estimate of drug-likeness (QED) is 0.730. The summed E-state index contributed by atoms with van der Waals surface area (Å²) < 4.78 is 0. The molecule has 0 unspecified atom stereocenters. The first-order valence-electron chi connectivity index (χ1n) is 6.62. The SMILES string of the molecule is C[C@H](C(=O)N[C@@H]1C=C[C@H](CO)C1)N1CCSCC1. The number of hydrogen-bond donors (Lipinski definition) is 2. The lowest BCUT2D eigenvalue weighted by Gasteiger charge is -2.31. The van der Waals surface area contributed by atoms with E-state index in [1.165, 1.54) is 0 Å². The van der Waals surface area contributed by atoms with Gasteiger partial charge < -0.3 is 10.4 Å². The minimum atomic E-state index is -0.0486. The predicted molar refractivity (Wildman–Crippen MR) is 74.6 cm³/mol. The molecule has 4 nitrogen and oxygen atoms in total. The molecule has 0 aromatic rings. The average molecular weight is 270 g/mol. The Balaban J connectivity index is 1.79. The van der Waals surface area contributed by atoms with Crippen molar-refractivity contribution >= 4 is 17.7 Å². The lowest BCUT2D eigenvalue weighted by atomic mass is 10.1. The molecule has 1 aliphatic carbocycles. The average Bonchev–Trinajstić information content (AvgIpc) is 2.86. The van der Waals surface area contributed by atoms with E-state index in [1.807, 2.05) is 30.8 Å². The molecule has 1 aliphatic heterocycles. The van der Waals surface area contributed by atoms with Crippen LogP contribution in [0.25, 0.3) is 0 Å². The molecule has 0 bridgehead atoms. The lowest BCUT2D eigenvalue weighted by Crippen LogP contribution is -2.50. The summed E-state index contributed by atoms with van der Waals surface area (Å²) in [4.78, 5) is 14.4. The zero-order valence-corrected chi connectivity index (χ0v) is 11.7. The molecule has 1 heterocycles. The number of carbonyl (C=O) groups excluding carboxylic acids is 1. The van der Waals surface area contributed by atoms with Gasteiger partial charge in [-0.3, -0.25) is 9.69 Å². The summed E-state index contributed by atoms with van der Waals surface area (Å²) in [7, 11) is 0. The van der Waals surface area contributed by atoms with Crippen LogP contribution in [0.5, 0.6) is 0 Å². The number of thioether (sulfide) groups is 1. The highest BCUT2D eigenvalue weighted by atomic mass is 32.2. The van der Waals surface area contributed by atoms with Crippen molar-refractivity contribution in [1.29, 1.82) is 0 Å². The van der Waals surface area contributed by atoms with Crippen molar-refractivity contribution in [3.63, 3.8) is 0 Å². The van der Waals surface area contributed by atoms with E-state index in [2.05, 4.69) is 10.2 Å². The fraction of sp³-hybridized carbons (Fsp3) is 0.769. The van der Waals surface area contributed by atoms with Gasteiger partial charge in [-0.2, -0.15) is 11.8 Å². The summed E-state index contributed by atoms with van der Waals surface area (Å²) >= 11 is 1.95. The predicted octanol–water partition coefficient (Wildman–Crippen LogP) is 0.477. The van der Waals surface area contributed by atoms with Gasteiger partial charge in [0.25, 0.3) is 0 Å². The monoisotopic (exact) mass is 270 g/mol. The number of aliphatic hydroxyl groups excluding tert-OH is 1. The van der Waals surface area contributed by atoms with Crippen LogP contribution in [0.3, 0.4) is 0 Å². The molecule has 0 saturated carbocycles. The van der Waals surface area contributed by atoms with E-state index in [1.54, 1.807) is 0 Å². The van der Waals surface area contributed by atoms with Gasteiger partial charge in [0.15, 0.2) is 0 Å². The first-order valence-corrected chi connectivity index (χ1v) is 7.77. The molecule has 102 valence electrons. The minimum Gasteiger partial charge on any atom is -0.396 e. The second-order valence-corrected chi connectivity index (χ2v) is 6.23. The van der Waals surface area contributed by atoms with Crippen molar-refractivity contribution in [1.82, 2.24) is 10.2 Å². The molecule has 0 aromatic heterocycles. The Morgan fingerprint density at radius 1 is 1.50 bits per heavy atom. The van der Waals surface area contributed by atoms with Gasteiger partial charge in [0.05, 0.1) is 6.04 Å². The van der Waals surface area contributed by atoms with E-state index in [4.69, 9.17) is 5.11 Å². The van der Waals surface area contributed by atoms with Crippen molar-refractivity contribution in [2.75, 3.05) is 31.2 Å². The van der Waals surface area contributed by atoms with Crippen LogP contribution in [0.4, 0.5) is 0 Å². The Bertz CT molecular complexity index is 316. The second kappa shape index (κ2) is 6.59. The van der Waals surface area contributed by atoms with Gasteiger partial charge in [0, 0.05) is 43.2 Å². The van der Waals surface area contributed by atoms with E-state index in [9.17, 15) is 4.79 Å². The van der Waals surface area contributed by atoms with Crippen LogP contribution in [0, 0.1) is 5.92 Å². The molecule has 3 atom stereocenters. The summed E-state index contributed by atoms with van der Waals surface area (Å²) in [5, 5.41) is 12.1. The number of rotatable bonds is 4. The van der Waals surface area contributed by atoms with Crippen molar-refractivity contribution in [3.8, 4) is 0 Å². The smallest absolute Gasteiger partial charge is 0.237 e. The van der Waals surface area contributed by atoms with Crippen LogP contribution in [0.2, 0.25) is 0 Å². The van der Waals surface area contributed by atoms with E-state index in [-0.39, 0.29) is 30.5 Å². The summed E-state index contributed by atoms with van der Waals surface area (Å²) in [6, 6.07) is 0.0451. The molecule has 0 spiro atoms. The van der Waals surface area contributed by atoms with E-state index in [0.29, 0.717) is 0 Å². The zero-order chi connectivity index (χ0) is 13.0. The fourth-order valence-corrected chi connectivity index (χ4v) is 3.38. The highest BCUT2D eigenvalue weighted by molar-refractivity contribution is 7.99. The molecule has 1 amide bonds. The fourth-order valence-electron chi connectivity index (χ4n) is 2.45. The maximum Gasteiger partial charge on any atom is 0.237 e. The van der Waals surface area contributed by atoms with Crippen LogP contribution < -0.4 is 5.32 Å². The molecule has 0 aromatic carbocycles. The van der Waals surface area contributed by atoms with Gasteiger partial charge in [0.2, 0.25) is 5.91 Å². The van der Waals surface area contributed by atoms with Crippen LogP contribution in [-0.4, -0.2) is 59.2 Å². The Morgan fingerprint density at radius 3 is 2.83 bits per heavy atom. The molecule has 1 saturated heterocycles. The summed E-state index contributed by atoms with van der Waals surface area (Å²) in [5.41, 5.74) is 0. The Morgan fingerprint density at radius 2 is 2.22 bits per heavy atom. The van der Waals surface area contributed by atoms with Gasteiger partial charge in [-0.05, 0) is 13.3 Å². The van der Waals surface area contributed by atoms with Crippen LogP contribution >= 0.6 is 11.8 Å². The van der Waals surface area contributed by atoms with Crippen LogP contribution in [0.1, 0.15) is 13.3 Å². The third kappa shape index (κ3) is 3.49. The van der Waals surface area contributed by atoms with Crippen molar-refractivity contribution in [3.05, 3.63) is 12.2 Å². The summed E-state index contributed by atoms with van der Waals surface area (Å²) in [5.74, 6) is 2.55. The molecule has 2 rings (SSSR count). The number of carbonyl (C=O) groups is 1. The van der Waals surface area contributed by atoms with Crippen LogP contribution in [-0.2, 0) is 4.79 Å². The largest absolute Gasteiger partial charge is 0.396 e. The molecule has 0 radical (unpaired) electrons. The third-order valence-electron chi connectivity index (χ3n) is 3.71. The van der Waals surface area contributed by atoms with Crippen molar-refractivity contribution in [2.24, 2.45) is 5.92 Å². The van der Waals surface area contributed by atoms with E-state index >= 15 is 0 Å². The highest BCUT2D eigenvalue weighted by Gasteiger charge is 2.26. The summed E-state index contributed by atoms with van der Waals surface area (Å²) in [6.45, 7) is 4.15. The maximum absolute atomic E-state index is 12.1. The Labute approximate surface area is 113 Å². The second-order valence-electron chi connectivity index (χ2n) is 5.00. The molecule has 2 aliphatic rings. The molecule has 18 heavy (non-hydrogen) atoms. The Hall–Kier alpha value is -0.520. The summed E-state index contributed by atoms with van der Waals surface area (Å²) in [6.07, 6.45) is 4.82.